The smallest absolute Gasteiger partial charge is 0.504 e. The van der Waals surface area contributed by atoms with E-state index < -0.39 is 0 Å². The summed E-state index contributed by atoms with van der Waals surface area (Å²) in [5.74, 6) is 0.549. The average molecular weight is 112 g/mol. The van der Waals surface area contributed by atoms with Gasteiger partial charge in [0.15, 0.2) is 0 Å². The third kappa shape index (κ3) is 1.04. The van der Waals surface area contributed by atoms with Crippen molar-refractivity contribution in [2.45, 2.75) is 0 Å². The van der Waals surface area contributed by atoms with Crippen LogP contribution in [0.3, 0.4) is 0 Å². The third-order valence-corrected chi connectivity index (χ3v) is 0.726. The highest BCUT2D eigenvalue weighted by molar-refractivity contribution is 6.17. The Kier molecular flexibility index (Phi) is 1.59. The predicted octanol–water partition coefficient (Wildman–Crippen LogP) is -0.0828. The highest BCUT2D eigenvalue weighted by Crippen LogP contribution is 2.07. The van der Waals surface area contributed by atoms with Gasteiger partial charge in [0.05, 0.1) is 6.26 Å². The minimum absolute atomic E-state index is 0.306. The molecule has 1 aromatic heterocycles. The van der Waals surface area contributed by atoms with Crippen molar-refractivity contribution in [2.24, 2.45) is 0 Å². The summed E-state index contributed by atoms with van der Waals surface area (Å²) in [6, 6.07) is 1.62. The number of furan rings is 1. The minimum atomic E-state index is -0.306. The van der Waals surface area contributed by atoms with Crippen LogP contribution in [0.4, 0.5) is 0 Å². The van der Waals surface area contributed by atoms with E-state index in [4.69, 9.17) is 5.02 Å². The fourth-order valence-electron chi connectivity index (χ4n) is 0.409. The van der Waals surface area contributed by atoms with E-state index in [0.29, 0.717) is 5.75 Å². The van der Waals surface area contributed by atoms with Crippen LogP contribution in [0.25, 0.3) is 0 Å². The zero-order valence-electron chi connectivity index (χ0n) is 4.20. The summed E-state index contributed by atoms with van der Waals surface area (Å²) < 4.78 is 9.24. The van der Waals surface area contributed by atoms with Gasteiger partial charge in [0.2, 0.25) is 0 Å². The molecule has 3 nitrogen and oxygen atoms in total. The molecule has 42 valence electrons. The molecule has 0 fully saturated rings. The first-order valence-electron chi connectivity index (χ1n) is 2.19. The van der Waals surface area contributed by atoms with E-state index in [-0.39, 0.29) is 7.69 Å². The predicted molar refractivity (Wildman–Crippen MR) is 28.7 cm³/mol. The Morgan fingerprint density at radius 1 is 1.75 bits per heavy atom. The summed E-state index contributed by atoms with van der Waals surface area (Å²) in [6.07, 6.45) is 2.89. The second kappa shape index (κ2) is 2.42. The fourth-order valence-corrected chi connectivity index (χ4v) is 0.409. The largest absolute Gasteiger partial charge is 0.537 e. The molecule has 4 heteroatoms. The third-order valence-electron chi connectivity index (χ3n) is 0.726. The minimum Gasteiger partial charge on any atom is -0.537 e. The molecule has 1 rings (SSSR count). The van der Waals surface area contributed by atoms with Crippen molar-refractivity contribution in [1.29, 1.82) is 0 Å². The van der Waals surface area contributed by atoms with Gasteiger partial charge in [0, 0.05) is 6.07 Å². The molecule has 0 atom stereocenters. The Morgan fingerprint density at radius 2 is 2.62 bits per heavy atom. The summed E-state index contributed by atoms with van der Waals surface area (Å²) in [5.41, 5.74) is 0. The van der Waals surface area contributed by atoms with Gasteiger partial charge in [0.25, 0.3) is 0 Å². The molecule has 0 amide bonds. The standard InChI is InChI=1S/C4H5BO3/c6-5-8-4-1-2-7-3-4/h1-3,5-6H. The van der Waals surface area contributed by atoms with Crippen LogP contribution in [0, 0.1) is 0 Å². The van der Waals surface area contributed by atoms with Gasteiger partial charge in [-0.25, -0.2) is 0 Å². The summed E-state index contributed by atoms with van der Waals surface area (Å²) in [6.45, 7) is 0. The first kappa shape index (κ1) is 5.25. The van der Waals surface area contributed by atoms with Crippen LogP contribution in [0.2, 0.25) is 0 Å². The Morgan fingerprint density at radius 3 is 3.12 bits per heavy atom. The lowest BCUT2D eigenvalue weighted by Gasteiger charge is -1.90. The van der Waals surface area contributed by atoms with Crippen molar-refractivity contribution in [1.82, 2.24) is 0 Å². The van der Waals surface area contributed by atoms with Crippen LogP contribution in [-0.2, 0) is 0 Å². The van der Waals surface area contributed by atoms with Crippen LogP contribution < -0.4 is 4.65 Å². The second-order valence-electron chi connectivity index (χ2n) is 1.23. The topological polar surface area (TPSA) is 42.6 Å². The number of hydrogen-bond acceptors (Lipinski definition) is 3. The van der Waals surface area contributed by atoms with Gasteiger partial charge >= 0.3 is 7.69 Å². The average Bonchev–Trinajstić information content (AvgIpc) is 2.19. The van der Waals surface area contributed by atoms with Crippen LogP contribution >= 0.6 is 0 Å². The molecule has 1 heterocycles. The number of rotatable bonds is 2. The Balaban J connectivity index is 2.50. The number of hydrogen-bond donors (Lipinski definition) is 1. The fraction of sp³-hybridized carbons (Fsp3) is 0. The molecule has 0 aliphatic heterocycles. The normalized spacial score (nSPS) is 8.62. The lowest BCUT2D eigenvalue weighted by Crippen LogP contribution is -1.97. The van der Waals surface area contributed by atoms with Crippen LogP contribution in [-0.4, -0.2) is 12.7 Å². The van der Waals surface area contributed by atoms with Gasteiger partial charge in [0.1, 0.15) is 12.0 Å². The molecule has 0 bridgehead atoms. The zero-order chi connectivity index (χ0) is 5.82. The highest BCUT2D eigenvalue weighted by atomic mass is 16.5. The molecule has 0 radical (unpaired) electrons. The molecule has 8 heavy (non-hydrogen) atoms. The quantitative estimate of drug-likeness (QED) is 0.544. The van der Waals surface area contributed by atoms with Gasteiger partial charge in [-0.1, -0.05) is 0 Å². The van der Waals surface area contributed by atoms with Crippen LogP contribution in [0.1, 0.15) is 0 Å². The summed E-state index contributed by atoms with van der Waals surface area (Å²) in [5, 5.41) is 8.17. The maximum atomic E-state index is 8.17. The maximum Gasteiger partial charge on any atom is 0.504 e. The molecule has 0 saturated carbocycles. The van der Waals surface area contributed by atoms with Gasteiger partial charge in [-0.15, -0.1) is 0 Å². The van der Waals surface area contributed by atoms with Crippen LogP contribution in [0.5, 0.6) is 5.75 Å². The molecule has 0 aromatic carbocycles. The molecule has 0 spiro atoms. The van der Waals surface area contributed by atoms with Crippen molar-refractivity contribution in [3.8, 4) is 5.75 Å². The van der Waals surface area contributed by atoms with Gasteiger partial charge in [-0.05, 0) is 0 Å². The van der Waals surface area contributed by atoms with E-state index in [0.717, 1.165) is 0 Å². The lowest BCUT2D eigenvalue weighted by atomic mass is 10.4. The van der Waals surface area contributed by atoms with Gasteiger partial charge < -0.3 is 14.1 Å². The zero-order valence-corrected chi connectivity index (χ0v) is 4.20. The molecule has 1 aromatic rings. The maximum absolute atomic E-state index is 8.17. The van der Waals surface area contributed by atoms with E-state index in [2.05, 4.69) is 9.07 Å². The molecule has 0 saturated heterocycles. The Hall–Kier alpha value is -0.895. The summed E-state index contributed by atoms with van der Waals surface area (Å²) >= 11 is 0. The van der Waals surface area contributed by atoms with E-state index in [1.807, 2.05) is 0 Å². The molecule has 0 aliphatic rings. The van der Waals surface area contributed by atoms with Crippen molar-refractivity contribution in [3.05, 3.63) is 18.6 Å². The van der Waals surface area contributed by atoms with Crippen molar-refractivity contribution in [2.75, 3.05) is 0 Å². The summed E-state index contributed by atoms with van der Waals surface area (Å²) in [7, 11) is -0.306. The first-order chi connectivity index (χ1) is 3.93. The van der Waals surface area contributed by atoms with Gasteiger partial charge in [-0.3, -0.25) is 0 Å². The van der Waals surface area contributed by atoms with Crippen molar-refractivity contribution < 1.29 is 14.1 Å². The van der Waals surface area contributed by atoms with E-state index in [1.165, 1.54) is 12.5 Å². The van der Waals surface area contributed by atoms with Crippen LogP contribution in [0.15, 0.2) is 23.0 Å². The first-order valence-corrected chi connectivity index (χ1v) is 2.19. The SMILES string of the molecule is OBOc1ccoc1. The molecule has 0 aliphatic carbocycles. The Labute approximate surface area is 47.2 Å². The van der Waals surface area contributed by atoms with Crippen molar-refractivity contribution in [3.63, 3.8) is 0 Å². The molecular weight excluding hydrogens is 107 g/mol. The highest BCUT2D eigenvalue weighted by Gasteiger charge is 1.90. The Bertz CT molecular complexity index is 137. The van der Waals surface area contributed by atoms with E-state index in [1.54, 1.807) is 6.07 Å². The second-order valence-corrected chi connectivity index (χ2v) is 1.23. The van der Waals surface area contributed by atoms with Crippen molar-refractivity contribution >= 4 is 7.69 Å². The molecule has 0 unspecified atom stereocenters. The lowest BCUT2D eigenvalue weighted by molar-refractivity contribution is 0.446. The molecule has 1 N–H and O–H groups in total. The molecular formula is C4H5BO3. The van der Waals surface area contributed by atoms with Gasteiger partial charge in [-0.2, -0.15) is 0 Å². The monoisotopic (exact) mass is 112 g/mol. The van der Waals surface area contributed by atoms with E-state index >= 15 is 0 Å². The summed E-state index contributed by atoms with van der Waals surface area (Å²) in [4.78, 5) is 0. The van der Waals surface area contributed by atoms with E-state index in [9.17, 15) is 0 Å².